The van der Waals surface area contributed by atoms with Crippen LogP contribution >= 0.6 is 15.9 Å². The SMILES string of the molecule is CCNC(c1ccc(OCC)c(Br)c1)C1CCCCC1. The van der Waals surface area contributed by atoms with Crippen LogP contribution in [-0.4, -0.2) is 13.2 Å². The highest BCUT2D eigenvalue weighted by atomic mass is 79.9. The van der Waals surface area contributed by atoms with E-state index in [0.717, 1.165) is 22.7 Å². The van der Waals surface area contributed by atoms with Gasteiger partial charge in [0, 0.05) is 6.04 Å². The number of benzene rings is 1. The third-order valence-electron chi connectivity index (χ3n) is 4.16. The molecule has 1 fully saturated rings. The Morgan fingerprint density at radius 1 is 1.25 bits per heavy atom. The van der Waals surface area contributed by atoms with Crippen LogP contribution in [0.4, 0.5) is 0 Å². The maximum atomic E-state index is 5.61. The van der Waals surface area contributed by atoms with Gasteiger partial charge in [0.25, 0.3) is 0 Å². The van der Waals surface area contributed by atoms with E-state index in [-0.39, 0.29) is 0 Å². The molecule has 0 heterocycles. The fourth-order valence-corrected chi connectivity index (χ4v) is 3.74. The van der Waals surface area contributed by atoms with E-state index in [2.05, 4.69) is 46.4 Å². The first-order chi connectivity index (χ1) is 9.76. The van der Waals surface area contributed by atoms with Crippen molar-refractivity contribution in [3.05, 3.63) is 28.2 Å². The molecule has 1 aromatic rings. The molecule has 1 unspecified atom stereocenters. The Morgan fingerprint density at radius 3 is 2.60 bits per heavy atom. The highest BCUT2D eigenvalue weighted by Crippen LogP contribution is 2.37. The molecule has 0 aromatic heterocycles. The van der Waals surface area contributed by atoms with Gasteiger partial charge in [0.2, 0.25) is 0 Å². The third-order valence-corrected chi connectivity index (χ3v) is 4.78. The largest absolute Gasteiger partial charge is 0.493 e. The van der Waals surface area contributed by atoms with Gasteiger partial charge in [0.15, 0.2) is 0 Å². The Hall–Kier alpha value is -0.540. The molecule has 1 saturated carbocycles. The molecule has 1 aliphatic rings. The van der Waals surface area contributed by atoms with Crippen LogP contribution in [-0.2, 0) is 0 Å². The highest BCUT2D eigenvalue weighted by molar-refractivity contribution is 9.10. The van der Waals surface area contributed by atoms with Crippen molar-refractivity contribution in [2.24, 2.45) is 5.92 Å². The molecule has 0 amide bonds. The molecule has 0 bridgehead atoms. The first-order valence-electron chi connectivity index (χ1n) is 7.91. The van der Waals surface area contributed by atoms with Crippen molar-refractivity contribution in [2.75, 3.05) is 13.2 Å². The zero-order valence-electron chi connectivity index (χ0n) is 12.6. The number of rotatable bonds is 6. The van der Waals surface area contributed by atoms with Crippen molar-refractivity contribution in [1.29, 1.82) is 0 Å². The van der Waals surface area contributed by atoms with E-state index >= 15 is 0 Å². The number of halogens is 1. The minimum absolute atomic E-state index is 0.479. The molecular formula is C17H26BrNO. The Kier molecular flexibility index (Phi) is 6.37. The van der Waals surface area contributed by atoms with Gasteiger partial charge in [0.1, 0.15) is 5.75 Å². The summed E-state index contributed by atoms with van der Waals surface area (Å²) in [5.41, 5.74) is 1.38. The molecule has 112 valence electrons. The van der Waals surface area contributed by atoms with E-state index in [9.17, 15) is 0 Å². The van der Waals surface area contributed by atoms with E-state index < -0.39 is 0 Å². The van der Waals surface area contributed by atoms with Crippen LogP contribution in [0.2, 0.25) is 0 Å². The van der Waals surface area contributed by atoms with Gasteiger partial charge in [-0.05, 0) is 65.9 Å². The molecule has 1 N–H and O–H groups in total. The quantitative estimate of drug-likeness (QED) is 0.780. The van der Waals surface area contributed by atoms with Crippen molar-refractivity contribution in [3.8, 4) is 5.75 Å². The lowest BCUT2D eigenvalue weighted by Gasteiger charge is -2.31. The average Bonchev–Trinajstić information content (AvgIpc) is 2.48. The van der Waals surface area contributed by atoms with Gasteiger partial charge in [-0.15, -0.1) is 0 Å². The summed E-state index contributed by atoms with van der Waals surface area (Å²) >= 11 is 3.64. The van der Waals surface area contributed by atoms with Crippen LogP contribution in [0.3, 0.4) is 0 Å². The summed E-state index contributed by atoms with van der Waals surface area (Å²) in [6, 6.07) is 7.02. The summed E-state index contributed by atoms with van der Waals surface area (Å²) in [6.07, 6.45) is 6.86. The van der Waals surface area contributed by atoms with Crippen molar-refractivity contribution in [3.63, 3.8) is 0 Å². The van der Waals surface area contributed by atoms with Gasteiger partial charge in [-0.3, -0.25) is 0 Å². The van der Waals surface area contributed by atoms with Crippen LogP contribution in [0.15, 0.2) is 22.7 Å². The summed E-state index contributed by atoms with van der Waals surface area (Å²) < 4.78 is 6.67. The fraction of sp³-hybridized carbons (Fsp3) is 0.647. The van der Waals surface area contributed by atoms with E-state index in [1.165, 1.54) is 37.7 Å². The van der Waals surface area contributed by atoms with Crippen LogP contribution in [0.25, 0.3) is 0 Å². The van der Waals surface area contributed by atoms with E-state index in [4.69, 9.17) is 4.74 Å². The lowest BCUT2D eigenvalue weighted by Crippen LogP contribution is -2.29. The van der Waals surface area contributed by atoms with Crippen molar-refractivity contribution < 1.29 is 4.74 Å². The molecule has 0 saturated heterocycles. The van der Waals surface area contributed by atoms with Crippen molar-refractivity contribution in [2.45, 2.75) is 52.0 Å². The number of hydrogen-bond acceptors (Lipinski definition) is 2. The van der Waals surface area contributed by atoms with E-state index in [1.807, 2.05) is 6.92 Å². The van der Waals surface area contributed by atoms with Gasteiger partial charge in [-0.1, -0.05) is 32.3 Å². The Bertz CT molecular complexity index is 415. The molecule has 3 heteroatoms. The number of ether oxygens (including phenoxy) is 1. The predicted molar refractivity (Wildman–Crippen MR) is 88.3 cm³/mol. The molecule has 2 nitrogen and oxygen atoms in total. The minimum Gasteiger partial charge on any atom is -0.493 e. The van der Waals surface area contributed by atoms with Crippen LogP contribution in [0.1, 0.15) is 57.6 Å². The molecule has 20 heavy (non-hydrogen) atoms. The maximum absolute atomic E-state index is 5.61. The van der Waals surface area contributed by atoms with Gasteiger partial charge < -0.3 is 10.1 Å². The molecule has 0 spiro atoms. The van der Waals surface area contributed by atoms with Crippen LogP contribution in [0.5, 0.6) is 5.75 Å². The lowest BCUT2D eigenvalue weighted by molar-refractivity contribution is 0.274. The van der Waals surface area contributed by atoms with Crippen molar-refractivity contribution >= 4 is 15.9 Å². The first kappa shape index (κ1) is 15.8. The smallest absolute Gasteiger partial charge is 0.133 e. The Labute approximate surface area is 131 Å². The summed E-state index contributed by atoms with van der Waals surface area (Å²) in [6.45, 7) is 5.94. The predicted octanol–water partition coefficient (Wildman–Crippen LogP) is 5.08. The van der Waals surface area contributed by atoms with Gasteiger partial charge in [-0.2, -0.15) is 0 Å². The summed E-state index contributed by atoms with van der Waals surface area (Å²) in [4.78, 5) is 0. The molecule has 0 radical (unpaired) electrons. The lowest BCUT2D eigenvalue weighted by atomic mass is 9.81. The first-order valence-corrected chi connectivity index (χ1v) is 8.71. The minimum atomic E-state index is 0.479. The summed E-state index contributed by atoms with van der Waals surface area (Å²) in [7, 11) is 0. The fourth-order valence-electron chi connectivity index (χ4n) is 3.23. The summed E-state index contributed by atoms with van der Waals surface area (Å²) in [5, 5.41) is 3.69. The zero-order chi connectivity index (χ0) is 14.4. The van der Waals surface area contributed by atoms with Gasteiger partial charge in [-0.25, -0.2) is 0 Å². The molecule has 1 aliphatic carbocycles. The Morgan fingerprint density at radius 2 is 2.00 bits per heavy atom. The Balaban J connectivity index is 2.17. The second-order valence-corrected chi connectivity index (χ2v) is 6.41. The van der Waals surface area contributed by atoms with E-state index in [1.54, 1.807) is 0 Å². The standard InChI is InChI=1S/C17H26BrNO/c1-3-19-17(13-8-6-5-7-9-13)14-10-11-16(20-4-2)15(18)12-14/h10-13,17,19H,3-9H2,1-2H3. The van der Waals surface area contributed by atoms with Gasteiger partial charge in [0.05, 0.1) is 11.1 Å². The third kappa shape index (κ3) is 3.98. The van der Waals surface area contributed by atoms with Gasteiger partial charge >= 0.3 is 0 Å². The normalized spacial score (nSPS) is 17.9. The van der Waals surface area contributed by atoms with Crippen molar-refractivity contribution in [1.82, 2.24) is 5.32 Å². The molecule has 1 aromatic carbocycles. The molecule has 0 aliphatic heterocycles. The maximum Gasteiger partial charge on any atom is 0.133 e. The van der Waals surface area contributed by atoms with Crippen LogP contribution < -0.4 is 10.1 Å². The molecule has 1 atom stereocenters. The molecule has 2 rings (SSSR count). The average molecular weight is 340 g/mol. The number of hydrogen-bond donors (Lipinski definition) is 1. The second-order valence-electron chi connectivity index (χ2n) is 5.56. The van der Waals surface area contributed by atoms with Crippen LogP contribution in [0, 0.1) is 5.92 Å². The number of nitrogens with one attached hydrogen (secondary N) is 1. The second kappa shape index (κ2) is 8.04. The highest BCUT2D eigenvalue weighted by Gasteiger charge is 2.24. The summed E-state index contributed by atoms with van der Waals surface area (Å²) in [5.74, 6) is 1.71. The topological polar surface area (TPSA) is 21.3 Å². The molecular weight excluding hydrogens is 314 g/mol. The zero-order valence-corrected chi connectivity index (χ0v) is 14.2. The monoisotopic (exact) mass is 339 g/mol. The van der Waals surface area contributed by atoms with E-state index in [0.29, 0.717) is 12.6 Å².